The first-order chi connectivity index (χ1) is 11.0. The van der Waals surface area contributed by atoms with Gasteiger partial charge in [-0.3, -0.25) is 0 Å². The summed E-state index contributed by atoms with van der Waals surface area (Å²) in [6.45, 7) is 0. The van der Waals surface area contributed by atoms with Crippen LogP contribution in [0, 0.1) is 0 Å². The number of carbonyl (C=O) groups excluding carboxylic acids is 1. The highest BCUT2D eigenvalue weighted by Gasteiger charge is 2.09. The Labute approximate surface area is 149 Å². The molecule has 0 atom stereocenters. The van der Waals surface area contributed by atoms with Crippen LogP contribution in [0.2, 0.25) is 0 Å². The third-order valence-electron chi connectivity index (χ3n) is 3.31. The largest absolute Gasteiger partial charge is 0.506 e. The van der Waals surface area contributed by atoms with E-state index in [1.54, 1.807) is 12.1 Å². The maximum absolute atomic E-state index is 12.2. The molecule has 3 aromatic rings. The van der Waals surface area contributed by atoms with Crippen LogP contribution in [0.5, 0.6) is 5.75 Å². The molecule has 0 bridgehead atoms. The van der Waals surface area contributed by atoms with Crippen LogP contribution >= 0.6 is 31.9 Å². The normalized spacial score (nSPS) is 10.5. The molecule has 0 fully saturated rings. The molecule has 0 unspecified atom stereocenters. The summed E-state index contributed by atoms with van der Waals surface area (Å²) in [4.78, 5) is 12.2. The Balaban J connectivity index is 1.82. The van der Waals surface area contributed by atoms with Gasteiger partial charge in [-0.1, -0.05) is 36.4 Å². The van der Waals surface area contributed by atoms with Crippen molar-refractivity contribution in [2.75, 3.05) is 10.6 Å². The monoisotopic (exact) mass is 434 g/mol. The molecule has 2 amide bonds. The molecule has 3 rings (SSSR count). The van der Waals surface area contributed by atoms with Crippen molar-refractivity contribution in [3.8, 4) is 5.75 Å². The first-order valence-corrected chi connectivity index (χ1v) is 8.37. The number of halogens is 2. The van der Waals surface area contributed by atoms with Crippen LogP contribution in [0.4, 0.5) is 16.2 Å². The van der Waals surface area contributed by atoms with E-state index in [4.69, 9.17) is 0 Å². The second kappa shape index (κ2) is 6.60. The van der Waals surface area contributed by atoms with Gasteiger partial charge in [0, 0.05) is 11.1 Å². The predicted molar refractivity (Wildman–Crippen MR) is 100 cm³/mol. The summed E-state index contributed by atoms with van der Waals surface area (Å²) in [6.07, 6.45) is 0. The number of anilines is 2. The van der Waals surface area contributed by atoms with Crippen molar-refractivity contribution in [3.05, 3.63) is 63.5 Å². The Hall–Kier alpha value is -2.05. The number of hydrogen-bond donors (Lipinski definition) is 3. The molecule has 0 aliphatic heterocycles. The summed E-state index contributed by atoms with van der Waals surface area (Å²) >= 11 is 6.47. The van der Waals surface area contributed by atoms with Gasteiger partial charge in [-0.15, -0.1) is 0 Å². The molecule has 3 aromatic carbocycles. The summed E-state index contributed by atoms with van der Waals surface area (Å²) in [5.41, 5.74) is 1.29. The van der Waals surface area contributed by atoms with E-state index in [1.165, 1.54) is 0 Å². The third-order valence-corrected chi connectivity index (χ3v) is 4.52. The minimum absolute atomic E-state index is 0.0880. The smallest absolute Gasteiger partial charge is 0.323 e. The van der Waals surface area contributed by atoms with E-state index in [9.17, 15) is 9.90 Å². The lowest BCUT2D eigenvalue weighted by molar-refractivity contribution is 0.262. The number of rotatable bonds is 2. The maximum Gasteiger partial charge on any atom is 0.323 e. The molecule has 4 nitrogen and oxygen atoms in total. The molecule has 116 valence electrons. The van der Waals surface area contributed by atoms with E-state index in [1.807, 2.05) is 42.5 Å². The third kappa shape index (κ3) is 3.48. The standard InChI is InChI=1S/C17H12Br2N2O2/c18-13-8-11(9-14(19)16(13)22)20-17(23)21-15-7-3-5-10-4-1-2-6-12(10)15/h1-9,22H,(H2,20,21,23). The van der Waals surface area contributed by atoms with Gasteiger partial charge in [0.15, 0.2) is 0 Å². The Bertz CT molecular complexity index is 868. The zero-order chi connectivity index (χ0) is 16.4. The molecular formula is C17H12Br2N2O2. The van der Waals surface area contributed by atoms with Crippen LogP contribution in [-0.4, -0.2) is 11.1 Å². The number of fused-ring (bicyclic) bond motifs is 1. The van der Waals surface area contributed by atoms with Gasteiger partial charge in [0.1, 0.15) is 5.75 Å². The predicted octanol–water partition coefficient (Wildman–Crippen LogP) is 5.71. The number of carbonyl (C=O) groups is 1. The van der Waals surface area contributed by atoms with Crippen LogP contribution in [0.25, 0.3) is 10.8 Å². The summed E-state index contributed by atoms with van der Waals surface area (Å²) in [5.74, 6) is 0.0880. The van der Waals surface area contributed by atoms with Gasteiger partial charge < -0.3 is 15.7 Å². The zero-order valence-electron chi connectivity index (χ0n) is 11.8. The van der Waals surface area contributed by atoms with E-state index in [0.29, 0.717) is 14.6 Å². The van der Waals surface area contributed by atoms with Crippen molar-refractivity contribution in [3.63, 3.8) is 0 Å². The number of phenols is 1. The van der Waals surface area contributed by atoms with Gasteiger partial charge in [-0.25, -0.2) is 4.79 Å². The Morgan fingerprint density at radius 3 is 2.30 bits per heavy atom. The summed E-state index contributed by atoms with van der Waals surface area (Å²) < 4.78 is 0.986. The van der Waals surface area contributed by atoms with E-state index in [-0.39, 0.29) is 11.8 Å². The number of aromatic hydroxyl groups is 1. The number of urea groups is 1. The van der Waals surface area contributed by atoms with E-state index < -0.39 is 0 Å². The zero-order valence-corrected chi connectivity index (χ0v) is 15.0. The van der Waals surface area contributed by atoms with Gasteiger partial charge in [0.2, 0.25) is 0 Å². The number of phenolic OH excluding ortho intramolecular Hbond substituents is 1. The highest BCUT2D eigenvalue weighted by atomic mass is 79.9. The molecule has 0 radical (unpaired) electrons. The van der Waals surface area contributed by atoms with Gasteiger partial charge in [-0.2, -0.15) is 0 Å². The van der Waals surface area contributed by atoms with Crippen LogP contribution in [-0.2, 0) is 0 Å². The maximum atomic E-state index is 12.2. The fourth-order valence-corrected chi connectivity index (χ4v) is 3.44. The van der Waals surface area contributed by atoms with Crippen LogP contribution in [0.1, 0.15) is 0 Å². The Morgan fingerprint density at radius 2 is 1.57 bits per heavy atom. The molecule has 0 spiro atoms. The van der Waals surface area contributed by atoms with E-state index >= 15 is 0 Å². The molecule has 0 aliphatic carbocycles. The summed E-state index contributed by atoms with van der Waals surface area (Å²) in [5, 5.41) is 17.3. The van der Waals surface area contributed by atoms with Gasteiger partial charge in [0.25, 0.3) is 0 Å². The lowest BCUT2D eigenvalue weighted by Gasteiger charge is -2.11. The molecule has 3 N–H and O–H groups in total. The average Bonchev–Trinajstić information content (AvgIpc) is 2.53. The number of amides is 2. The molecule has 23 heavy (non-hydrogen) atoms. The first kappa shape index (κ1) is 15.8. The lowest BCUT2D eigenvalue weighted by atomic mass is 10.1. The fourth-order valence-electron chi connectivity index (χ4n) is 2.26. The number of benzene rings is 3. The minimum atomic E-state index is -0.356. The Morgan fingerprint density at radius 1 is 0.913 bits per heavy atom. The molecule has 0 aliphatic rings. The summed E-state index contributed by atoms with van der Waals surface area (Å²) in [7, 11) is 0. The van der Waals surface area contributed by atoms with Crippen LogP contribution in [0.15, 0.2) is 63.5 Å². The minimum Gasteiger partial charge on any atom is -0.506 e. The topological polar surface area (TPSA) is 61.4 Å². The second-order valence-electron chi connectivity index (χ2n) is 4.89. The SMILES string of the molecule is O=C(Nc1cc(Br)c(O)c(Br)c1)Nc1cccc2ccccc12. The fraction of sp³-hybridized carbons (Fsp3) is 0. The molecule has 6 heteroatoms. The van der Waals surface area contributed by atoms with Gasteiger partial charge in [-0.05, 0) is 55.4 Å². The van der Waals surface area contributed by atoms with Crippen LogP contribution in [0.3, 0.4) is 0 Å². The molecular weight excluding hydrogens is 424 g/mol. The quantitative estimate of drug-likeness (QED) is 0.451. The highest BCUT2D eigenvalue weighted by Crippen LogP contribution is 2.35. The lowest BCUT2D eigenvalue weighted by Crippen LogP contribution is -2.19. The van der Waals surface area contributed by atoms with Crippen LogP contribution < -0.4 is 10.6 Å². The van der Waals surface area contributed by atoms with Crippen molar-refractivity contribution >= 4 is 60.0 Å². The van der Waals surface area contributed by atoms with E-state index in [2.05, 4.69) is 42.5 Å². The van der Waals surface area contributed by atoms with Crippen molar-refractivity contribution in [2.24, 2.45) is 0 Å². The molecule has 0 heterocycles. The first-order valence-electron chi connectivity index (χ1n) is 6.78. The van der Waals surface area contributed by atoms with E-state index in [0.717, 1.165) is 16.5 Å². The van der Waals surface area contributed by atoms with Gasteiger partial charge >= 0.3 is 6.03 Å². The highest BCUT2D eigenvalue weighted by molar-refractivity contribution is 9.11. The molecule has 0 aromatic heterocycles. The summed E-state index contributed by atoms with van der Waals surface area (Å²) in [6, 6.07) is 16.5. The number of hydrogen-bond acceptors (Lipinski definition) is 2. The van der Waals surface area contributed by atoms with Gasteiger partial charge in [0.05, 0.1) is 14.6 Å². The molecule has 0 saturated carbocycles. The Kier molecular flexibility index (Phi) is 4.54. The van der Waals surface area contributed by atoms with Crippen molar-refractivity contribution in [2.45, 2.75) is 0 Å². The molecule has 0 saturated heterocycles. The second-order valence-corrected chi connectivity index (χ2v) is 6.60. The average molecular weight is 436 g/mol. The number of nitrogens with one attached hydrogen (secondary N) is 2. The van der Waals surface area contributed by atoms with Crippen molar-refractivity contribution < 1.29 is 9.90 Å². The van der Waals surface area contributed by atoms with Crippen molar-refractivity contribution in [1.82, 2.24) is 0 Å². The van der Waals surface area contributed by atoms with Crippen molar-refractivity contribution in [1.29, 1.82) is 0 Å².